The van der Waals surface area contributed by atoms with E-state index in [4.69, 9.17) is 37.9 Å². The molecule has 0 bridgehead atoms. The van der Waals surface area contributed by atoms with Crippen LogP contribution in [-0.4, -0.2) is 73.7 Å². The molecule has 0 aliphatic rings. The molecule has 1 amide bonds. The number of hydrogen-bond donors (Lipinski definition) is 10. The first-order valence-electron chi connectivity index (χ1n) is 7.39. The van der Waals surface area contributed by atoms with E-state index >= 15 is 0 Å². The minimum absolute atomic E-state index is 0.263. The summed E-state index contributed by atoms with van der Waals surface area (Å²) in [6, 6.07) is -2.03. The SMILES string of the molecule is N=C(N)NCC(=O)O.NC(=O)C[C@H](N)C(=O)O.N[C@@H](Cc1c[nH]cn1)C(=O)O. The van der Waals surface area contributed by atoms with E-state index in [0.29, 0.717) is 5.69 Å². The van der Waals surface area contributed by atoms with Gasteiger partial charge in [-0.15, -0.1) is 0 Å². The largest absolute Gasteiger partial charge is 0.480 e. The van der Waals surface area contributed by atoms with Crippen LogP contribution in [-0.2, 0) is 25.6 Å². The number of carboxylic acid groups (broad SMARTS) is 3. The third-order valence-electron chi connectivity index (χ3n) is 2.47. The molecule has 158 valence electrons. The van der Waals surface area contributed by atoms with Gasteiger partial charge in [0.05, 0.1) is 18.4 Å². The zero-order valence-electron chi connectivity index (χ0n) is 14.7. The number of aromatic nitrogens is 2. The Morgan fingerprint density at radius 3 is 1.89 bits per heavy atom. The lowest BCUT2D eigenvalue weighted by atomic mass is 10.2. The van der Waals surface area contributed by atoms with Gasteiger partial charge in [0.1, 0.15) is 18.6 Å². The van der Waals surface area contributed by atoms with Gasteiger partial charge in [-0.2, -0.15) is 0 Å². The maximum Gasteiger partial charge on any atom is 0.322 e. The van der Waals surface area contributed by atoms with Gasteiger partial charge < -0.3 is 48.6 Å². The summed E-state index contributed by atoms with van der Waals surface area (Å²) in [6.45, 7) is -0.296. The quantitative estimate of drug-likeness (QED) is 0.147. The Labute approximate surface area is 158 Å². The van der Waals surface area contributed by atoms with Crippen molar-refractivity contribution in [1.82, 2.24) is 15.3 Å². The van der Waals surface area contributed by atoms with E-state index in [1.165, 1.54) is 6.33 Å². The fourth-order valence-corrected chi connectivity index (χ4v) is 1.19. The highest BCUT2D eigenvalue weighted by atomic mass is 16.4. The average Bonchev–Trinajstić information content (AvgIpc) is 3.06. The minimum Gasteiger partial charge on any atom is -0.480 e. The lowest BCUT2D eigenvalue weighted by Crippen LogP contribution is -2.34. The Balaban J connectivity index is 0. The van der Waals surface area contributed by atoms with Gasteiger partial charge in [0.25, 0.3) is 0 Å². The van der Waals surface area contributed by atoms with Gasteiger partial charge in [0, 0.05) is 12.6 Å². The van der Waals surface area contributed by atoms with E-state index in [1.807, 2.05) is 0 Å². The number of rotatable bonds is 8. The van der Waals surface area contributed by atoms with Gasteiger partial charge in [-0.3, -0.25) is 24.6 Å². The number of nitrogens with two attached hydrogens (primary N) is 4. The van der Waals surface area contributed by atoms with Crippen molar-refractivity contribution in [2.24, 2.45) is 22.9 Å². The number of carboxylic acids is 3. The van der Waals surface area contributed by atoms with E-state index in [9.17, 15) is 19.2 Å². The van der Waals surface area contributed by atoms with E-state index < -0.39 is 35.9 Å². The second-order valence-corrected chi connectivity index (χ2v) is 4.99. The zero-order valence-corrected chi connectivity index (χ0v) is 14.7. The molecular formula is C13H24N8O7. The normalized spacial score (nSPS) is 11.4. The Bertz CT molecular complexity index is 635. The molecule has 0 aliphatic heterocycles. The van der Waals surface area contributed by atoms with Crippen LogP contribution in [0.2, 0.25) is 0 Å². The standard InChI is InChI=1S/C6H9N3O2.C4H8N2O3.C3H7N3O2/c7-5(6(10)11)1-4-2-8-3-9-4;5-2(4(8)9)1-3(6)7;4-3(5)6-1-2(7)8/h2-3,5H,1,7H2,(H,8,9)(H,10,11);2H,1,5H2,(H2,6,7)(H,8,9);1H2,(H,7,8)(H4,4,5,6)/t5-;2-;/m00./s1. The maximum atomic E-state index is 10.3. The molecule has 1 rings (SSSR count). The van der Waals surface area contributed by atoms with E-state index in [0.717, 1.165) is 0 Å². The molecule has 15 heteroatoms. The van der Waals surface area contributed by atoms with Gasteiger partial charge in [-0.25, -0.2) is 4.98 Å². The van der Waals surface area contributed by atoms with Gasteiger partial charge >= 0.3 is 17.9 Å². The number of nitrogens with zero attached hydrogens (tertiary/aromatic N) is 1. The number of amides is 1. The molecule has 28 heavy (non-hydrogen) atoms. The Morgan fingerprint density at radius 2 is 1.64 bits per heavy atom. The monoisotopic (exact) mass is 404 g/mol. The summed E-state index contributed by atoms with van der Waals surface area (Å²) >= 11 is 0. The molecule has 1 aromatic rings. The molecule has 2 atom stereocenters. The number of hydrogen-bond acceptors (Lipinski definition) is 8. The van der Waals surface area contributed by atoms with Crippen LogP contribution < -0.4 is 28.3 Å². The first kappa shape index (κ1) is 26.5. The van der Waals surface area contributed by atoms with Crippen molar-refractivity contribution in [3.8, 4) is 0 Å². The predicted octanol–water partition coefficient (Wildman–Crippen LogP) is -3.81. The minimum atomic E-state index is -1.21. The second kappa shape index (κ2) is 14.4. The average molecular weight is 404 g/mol. The van der Waals surface area contributed by atoms with Crippen molar-refractivity contribution >= 4 is 29.8 Å². The summed E-state index contributed by atoms with van der Waals surface area (Å²) in [5.41, 5.74) is 20.2. The fourth-order valence-electron chi connectivity index (χ4n) is 1.19. The maximum absolute atomic E-state index is 10.3. The van der Waals surface area contributed by atoms with E-state index in [2.05, 4.69) is 21.0 Å². The van der Waals surface area contributed by atoms with Crippen LogP contribution in [0.1, 0.15) is 12.1 Å². The molecule has 0 saturated heterocycles. The second-order valence-electron chi connectivity index (χ2n) is 4.99. The van der Waals surface area contributed by atoms with Crippen LogP contribution in [0.5, 0.6) is 0 Å². The first-order chi connectivity index (χ1) is 12.9. The Kier molecular flexibility index (Phi) is 13.7. The number of carbonyl (C=O) groups excluding carboxylic acids is 1. The third-order valence-corrected chi connectivity index (χ3v) is 2.47. The Hall–Kier alpha value is -3.72. The summed E-state index contributed by atoms with van der Waals surface area (Å²) in [5.74, 6) is -4.28. The molecule has 15 nitrogen and oxygen atoms in total. The highest BCUT2D eigenvalue weighted by Crippen LogP contribution is 1.95. The molecule has 0 aromatic carbocycles. The highest BCUT2D eigenvalue weighted by Gasteiger charge is 2.13. The number of aliphatic carboxylic acids is 3. The molecule has 0 radical (unpaired) electrons. The third kappa shape index (κ3) is 17.1. The molecule has 0 aliphatic carbocycles. The number of carbonyl (C=O) groups is 4. The van der Waals surface area contributed by atoms with Gasteiger partial charge in [-0.1, -0.05) is 0 Å². The molecule has 0 spiro atoms. The topological polar surface area (TPSA) is 298 Å². The van der Waals surface area contributed by atoms with E-state index in [1.54, 1.807) is 6.20 Å². The number of nitrogens with one attached hydrogen (secondary N) is 3. The number of primary amides is 1. The van der Waals surface area contributed by atoms with Crippen molar-refractivity contribution in [3.63, 3.8) is 0 Å². The summed E-state index contributed by atoms with van der Waals surface area (Å²) in [4.78, 5) is 46.4. The van der Waals surface area contributed by atoms with Crippen molar-refractivity contribution < 1.29 is 34.5 Å². The molecular weight excluding hydrogens is 380 g/mol. The molecule has 1 heterocycles. The van der Waals surface area contributed by atoms with Crippen molar-refractivity contribution in [2.45, 2.75) is 24.9 Å². The fraction of sp³-hybridized carbons (Fsp3) is 0.385. The van der Waals surface area contributed by atoms with Crippen LogP contribution in [0, 0.1) is 5.41 Å². The molecule has 14 N–H and O–H groups in total. The van der Waals surface area contributed by atoms with Crippen LogP contribution in [0.4, 0.5) is 0 Å². The number of aromatic amines is 1. The van der Waals surface area contributed by atoms with Gasteiger partial charge in [-0.05, 0) is 0 Å². The van der Waals surface area contributed by atoms with Crippen molar-refractivity contribution in [1.29, 1.82) is 5.41 Å². The Morgan fingerprint density at radius 1 is 1.11 bits per heavy atom. The van der Waals surface area contributed by atoms with Crippen LogP contribution in [0.3, 0.4) is 0 Å². The predicted molar refractivity (Wildman–Crippen MR) is 94.9 cm³/mol. The van der Waals surface area contributed by atoms with E-state index in [-0.39, 0.29) is 25.3 Å². The number of imidazole rings is 1. The smallest absolute Gasteiger partial charge is 0.322 e. The van der Waals surface area contributed by atoms with Crippen LogP contribution in [0.25, 0.3) is 0 Å². The lowest BCUT2D eigenvalue weighted by molar-refractivity contribution is -0.140. The van der Waals surface area contributed by atoms with Crippen LogP contribution in [0.15, 0.2) is 12.5 Å². The van der Waals surface area contributed by atoms with Gasteiger partial charge in [0.15, 0.2) is 5.96 Å². The summed E-state index contributed by atoms with van der Waals surface area (Å²) in [5, 5.41) is 33.1. The number of H-pyrrole nitrogens is 1. The summed E-state index contributed by atoms with van der Waals surface area (Å²) in [6.07, 6.45) is 3.07. The van der Waals surface area contributed by atoms with Crippen molar-refractivity contribution in [3.05, 3.63) is 18.2 Å². The van der Waals surface area contributed by atoms with Crippen molar-refractivity contribution in [2.75, 3.05) is 6.54 Å². The lowest BCUT2D eigenvalue weighted by Gasteiger charge is -2.01. The molecule has 0 fully saturated rings. The van der Waals surface area contributed by atoms with Gasteiger partial charge in [0.2, 0.25) is 5.91 Å². The molecule has 0 saturated carbocycles. The summed E-state index contributed by atoms with van der Waals surface area (Å²) < 4.78 is 0. The first-order valence-corrected chi connectivity index (χ1v) is 7.39. The molecule has 1 aromatic heterocycles. The highest BCUT2D eigenvalue weighted by molar-refractivity contribution is 5.83. The van der Waals surface area contributed by atoms with Crippen LogP contribution >= 0.6 is 0 Å². The number of guanidine groups is 1. The zero-order chi connectivity index (χ0) is 22.3. The summed E-state index contributed by atoms with van der Waals surface area (Å²) in [7, 11) is 0. The molecule has 0 unspecified atom stereocenters.